The lowest BCUT2D eigenvalue weighted by Crippen LogP contribution is -2.39. The zero-order valence-corrected chi connectivity index (χ0v) is 17.8. The molecule has 1 amide bonds. The number of amides is 1. The SMILES string of the molecule is CCOC(=O)c1ccc(N2CCCN(C(=O)Cn3cc(Br)ccc3=O)CC2)nc1. The highest BCUT2D eigenvalue weighted by atomic mass is 79.9. The van der Waals surface area contributed by atoms with Crippen LogP contribution in [0.4, 0.5) is 5.82 Å². The number of pyridine rings is 2. The van der Waals surface area contributed by atoms with Gasteiger partial charge in [0.15, 0.2) is 0 Å². The minimum atomic E-state index is -0.387. The Bertz CT molecular complexity index is 929. The van der Waals surface area contributed by atoms with Gasteiger partial charge in [-0.1, -0.05) is 0 Å². The zero-order chi connectivity index (χ0) is 20.8. The Morgan fingerprint density at radius 3 is 2.69 bits per heavy atom. The number of anilines is 1. The van der Waals surface area contributed by atoms with E-state index in [0.717, 1.165) is 23.3 Å². The molecule has 1 saturated heterocycles. The molecule has 0 radical (unpaired) electrons. The van der Waals surface area contributed by atoms with Crippen molar-refractivity contribution < 1.29 is 14.3 Å². The van der Waals surface area contributed by atoms with Crippen molar-refractivity contribution >= 4 is 33.6 Å². The average molecular weight is 463 g/mol. The summed E-state index contributed by atoms with van der Waals surface area (Å²) in [6, 6.07) is 6.60. The highest BCUT2D eigenvalue weighted by Crippen LogP contribution is 2.15. The van der Waals surface area contributed by atoms with Gasteiger partial charge < -0.3 is 19.1 Å². The molecule has 0 atom stereocenters. The molecule has 0 aromatic carbocycles. The van der Waals surface area contributed by atoms with Crippen LogP contribution in [0.15, 0.2) is 45.9 Å². The van der Waals surface area contributed by atoms with E-state index in [1.54, 1.807) is 36.2 Å². The van der Waals surface area contributed by atoms with Crippen LogP contribution in [-0.4, -0.2) is 59.1 Å². The summed E-state index contributed by atoms with van der Waals surface area (Å²) in [5.41, 5.74) is 0.213. The lowest BCUT2D eigenvalue weighted by Gasteiger charge is -2.23. The van der Waals surface area contributed by atoms with Gasteiger partial charge in [-0.15, -0.1) is 0 Å². The number of esters is 1. The molecule has 3 rings (SSSR count). The fraction of sp³-hybridized carbons (Fsp3) is 0.400. The van der Waals surface area contributed by atoms with Gasteiger partial charge in [-0.05, 0) is 47.5 Å². The van der Waals surface area contributed by atoms with Crippen molar-refractivity contribution in [1.82, 2.24) is 14.5 Å². The Kier molecular flexibility index (Phi) is 7.03. The minimum Gasteiger partial charge on any atom is -0.462 e. The van der Waals surface area contributed by atoms with E-state index in [1.807, 2.05) is 0 Å². The van der Waals surface area contributed by atoms with E-state index in [9.17, 15) is 14.4 Å². The van der Waals surface area contributed by atoms with Gasteiger partial charge >= 0.3 is 5.97 Å². The van der Waals surface area contributed by atoms with Gasteiger partial charge in [0.05, 0.1) is 12.2 Å². The highest BCUT2D eigenvalue weighted by Gasteiger charge is 2.20. The Hall–Kier alpha value is -2.68. The average Bonchev–Trinajstić information content (AvgIpc) is 2.97. The first-order valence-corrected chi connectivity index (χ1v) is 10.3. The van der Waals surface area contributed by atoms with Crippen LogP contribution >= 0.6 is 15.9 Å². The maximum Gasteiger partial charge on any atom is 0.339 e. The lowest BCUT2D eigenvalue weighted by molar-refractivity contribution is -0.131. The van der Waals surface area contributed by atoms with Crippen molar-refractivity contribution in [2.45, 2.75) is 19.9 Å². The summed E-state index contributed by atoms with van der Waals surface area (Å²) >= 11 is 3.32. The van der Waals surface area contributed by atoms with Crippen molar-refractivity contribution in [2.75, 3.05) is 37.7 Å². The van der Waals surface area contributed by atoms with Crippen LogP contribution in [0.5, 0.6) is 0 Å². The fourth-order valence-corrected chi connectivity index (χ4v) is 3.56. The van der Waals surface area contributed by atoms with E-state index >= 15 is 0 Å². The van der Waals surface area contributed by atoms with E-state index in [4.69, 9.17) is 4.74 Å². The van der Waals surface area contributed by atoms with Gasteiger partial charge in [0.25, 0.3) is 5.56 Å². The molecule has 0 aliphatic carbocycles. The third kappa shape index (κ3) is 5.44. The second-order valence-electron chi connectivity index (χ2n) is 6.66. The summed E-state index contributed by atoms with van der Waals surface area (Å²) in [5, 5.41) is 0. The Morgan fingerprint density at radius 1 is 1.14 bits per heavy atom. The number of nitrogens with zero attached hydrogens (tertiary/aromatic N) is 4. The van der Waals surface area contributed by atoms with Gasteiger partial charge in [-0.2, -0.15) is 0 Å². The lowest BCUT2D eigenvalue weighted by atomic mass is 10.2. The molecule has 2 aromatic rings. The van der Waals surface area contributed by atoms with Crippen molar-refractivity contribution in [3.05, 3.63) is 57.0 Å². The van der Waals surface area contributed by atoms with Crippen LogP contribution in [0, 0.1) is 0 Å². The third-order valence-electron chi connectivity index (χ3n) is 4.68. The third-order valence-corrected chi connectivity index (χ3v) is 5.15. The van der Waals surface area contributed by atoms with Crippen LogP contribution in [0.2, 0.25) is 0 Å². The standard InChI is InChI=1S/C20H23BrN4O4/c1-2-29-20(28)15-4-6-17(22-12-15)23-8-3-9-24(11-10-23)19(27)14-25-13-16(21)5-7-18(25)26/h4-7,12-13H,2-3,8-11,14H2,1H3. The van der Waals surface area contributed by atoms with Crippen LogP contribution in [-0.2, 0) is 16.1 Å². The number of aromatic nitrogens is 2. The smallest absolute Gasteiger partial charge is 0.339 e. The fourth-order valence-electron chi connectivity index (χ4n) is 3.18. The van der Waals surface area contributed by atoms with Crippen molar-refractivity contribution in [3.8, 4) is 0 Å². The zero-order valence-electron chi connectivity index (χ0n) is 16.2. The molecule has 1 aliphatic heterocycles. The molecule has 3 heterocycles. The number of carbonyl (C=O) groups is 2. The van der Waals surface area contributed by atoms with Gasteiger partial charge in [-0.3, -0.25) is 9.59 Å². The summed E-state index contributed by atoms with van der Waals surface area (Å²) in [6.07, 6.45) is 3.93. The number of carbonyl (C=O) groups excluding carboxylic acids is 2. The molecule has 0 N–H and O–H groups in total. The molecule has 2 aromatic heterocycles. The molecule has 1 aliphatic rings. The second kappa shape index (κ2) is 9.69. The number of ether oxygens (including phenoxy) is 1. The first-order valence-electron chi connectivity index (χ1n) is 9.50. The number of rotatable bonds is 5. The quantitative estimate of drug-likeness (QED) is 0.631. The normalized spacial score (nSPS) is 14.4. The van der Waals surface area contributed by atoms with Gasteiger partial charge in [0.1, 0.15) is 12.4 Å². The highest BCUT2D eigenvalue weighted by molar-refractivity contribution is 9.10. The monoisotopic (exact) mass is 462 g/mol. The van der Waals surface area contributed by atoms with Crippen LogP contribution < -0.4 is 10.5 Å². The van der Waals surface area contributed by atoms with Crippen LogP contribution in [0.1, 0.15) is 23.7 Å². The number of halogens is 1. The maximum absolute atomic E-state index is 12.7. The molecular weight excluding hydrogens is 440 g/mol. The van der Waals surface area contributed by atoms with Crippen LogP contribution in [0.3, 0.4) is 0 Å². The molecule has 8 nitrogen and oxygen atoms in total. The van der Waals surface area contributed by atoms with Crippen LogP contribution in [0.25, 0.3) is 0 Å². The molecule has 0 saturated carbocycles. The van der Waals surface area contributed by atoms with Crippen molar-refractivity contribution in [2.24, 2.45) is 0 Å². The molecule has 0 bridgehead atoms. The molecule has 0 unspecified atom stereocenters. The van der Waals surface area contributed by atoms with E-state index < -0.39 is 0 Å². The van der Waals surface area contributed by atoms with E-state index in [2.05, 4.69) is 25.8 Å². The predicted molar refractivity (Wildman–Crippen MR) is 112 cm³/mol. The molecule has 154 valence electrons. The van der Waals surface area contributed by atoms with E-state index in [-0.39, 0.29) is 24.0 Å². The van der Waals surface area contributed by atoms with Crippen molar-refractivity contribution in [1.29, 1.82) is 0 Å². The number of hydrogen-bond acceptors (Lipinski definition) is 6. The Labute approximate surface area is 177 Å². The molecule has 1 fully saturated rings. The molecule has 29 heavy (non-hydrogen) atoms. The topological polar surface area (TPSA) is 84.7 Å². The van der Waals surface area contributed by atoms with E-state index in [1.165, 1.54) is 16.8 Å². The molecule has 9 heteroatoms. The van der Waals surface area contributed by atoms with Gasteiger partial charge in [0.2, 0.25) is 5.91 Å². The Balaban J connectivity index is 1.61. The summed E-state index contributed by atoms with van der Waals surface area (Å²) < 4.78 is 7.14. The number of hydrogen-bond donors (Lipinski definition) is 0. The maximum atomic E-state index is 12.7. The second-order valence-corrected chi connectivity index (χ2v) is 7.58. The Morgan fingerprint density at radius 2 is 1.97 bits per heavy atom. The van der Waals surface area contributed by atoms with Gasteiger partial charge in [0, 0.05) is 49.1 Å². The molecular formula is C20H23BrN4O4. The first kappa shape index (κ1) is 21.0. The largest absolute Gasteiger partial charge is 0.462 e. The summed E-state index contributed by atoms with van der Waals surface area (Å²) in [6.45, 7) is 4.66. The molecule has 0 spiro atoms. The van der Waals surface area contributed by atoms with E-state index in [0.29, 0.717) is 31.8 Å². The summed E-state index contributed by atoms with van der Waals surface area (Å²) in [4.78, 5) is 44.6. The first-order chi connectivity index (χ1) is 14.0. The van der Waals surface area contributed by atoms with Gasteiger partial charge in [-0.25, -0.2) is 9.78 Å². The minimum absolute atomic E-state index is 0.0186. The predicted octanol–water partition coefficient (Wildman–Crippen LogP) is 1.92. The van der Waals surface area contributed by atoms with Crippen molar-refractivity contribution in [3.63, 3.8) is 0 Å². The summed E-state index contributed by atoms with van der Waals surface area (Å²) in [7, 11) is 0. The summed E-state index contributed by atoms with van der Waals surface area (Å²) in [5.74, 6) is 0.287.